The monoisotopic (exact) mass is 1440 g/mol. The predicted octanol–water partition coefficient (Wildman–Crippen LogP) is -0.911. The summed E-state index contributed by atoms with van der Waals surface area (Å²) in [5.74, 6) is 0. The predicted molar refractivity (Wildman–Crippen MR) is 361 cm³/mol. The minimum Gasteiger partial charge on any atom is -0.394 e. The summed E-state index contributed by atoms with van der Waals surface area (Å²) in [6.45, 7) is 32.4. The SMILES string of the molecule is CC(C)(C)[C@H]1CC[C@@H](CO)O1.CC(C)(C)[C@H]1CC[C@@H](CO)O1.CN[C@@H]1CO[C@H](OCC2O[C@@H](C(C)(C)C)[C@@H](O)C(O)[C@@H]2OC)CC1O.CO[C@@H]1C(COC2C[C@@H](N)[C@H](O)C(C)O2)O[C@@H](C(C)(C)C)C(O)[C@H]1O.CO[C@@H]1C(CO[C@@H]2OC(CO)[C@@H](O)[C@H](O)C2N)O[C@@H](C(C)(C)C)C(O)[C@H]1O. The minimum atomic E-state index is -1.33. The van der Waals surface area contributed by atoms with E-state index in [1.165, 1.54) is 21.3 Å². The molecule has 0 aliphatic carbocycles. The first-order valence-corrected chi connectivity index (χ1v) is 35.3. The maximum atomic E-state index is 10.4. The van der Waals surface area contributed by atoms with Crippen LogP contribution >= 0.6 is 0 Å². The van der Waals surface area contributed by atoms with E-state index in [9.17, 15) is 56.2 Å². The van der Waals surface area contributed by atoms with Gasteiger partial charge in [-0.1, -0.05) is 104 Å². The van der Waals surface area contributed by atoms with Gasteiger partial charge in [0.15, 0.2) is 18.9 Å². The molecule has 11 unspecified atom stereocenters. The molecule has 30 heteroatoms. The zero-order valence-corrected chi connectivity index (χ0v) is 62.8. The molecule has 8 fully saturated rings. The zero-order valence-electron chi connectivity index (χ0n) is 62.8. The fourth-order valence-electron chi connectivity index (χ4n) is 13.4. The van der Waals surface area contributed by atoms with E-state index in [-0.39, 0.29) is 72.9 Å². The van der Waals surface area contributed by atoms with Crippen molar-refractivity contribution < 1.29 is 133 Å². The molecule has 0 radical (unpaired) electrons. The molecule has 8 heterocycles. The molecule has 0 saturated carbocycles. The molecule has 8 rings (SSSR count). The highest BCUT2D eigenvalue weighted by Crippen LogP contribution is 2.39. The molecular weight excluding hydrogens is 1300 g/mol. The third-order valence-corrected chi connectivity index (χ3v) is 19.7. The summed E-state index contributed by atoms with van der Waals surface area (Å²) in [5, 5.41) is 132. The molecule has 18 N–H and O–H groups in total. The first-order valence-electron chi connectivity index (χ1n) is 35.3. The van der Waals surface area contributed by atoms with Gasteiger partial charge >= 0.3 is 0 Å². The van der Waals surface area contributed by atoms with Crippen LogP contribution in [-0.2, 0) is 66.3 Å². The van der Waals surface area contributed by atoms with Crippen LogP contribution in [0.2, 0.25) is 0 Å². The van der Waals surface area contributed by atoms with Gasteiger partial charge in [0.25, 0.3) is 0 Å². The van der Waals surface area contributed by atoms with Gasteiger partial charge in [0.1, 0.15) is 91.6 Å². The lowest BCUT2D eigenvalue weighted by atomic mass is 9.80. The number of nitrogens with one attached hydrogen (secondary N) is 1. The fraction of sp³-hybridized carbons (Fsp3) is 1.00. The van der Waals surface area contributed by atoms with Crippen LogP contribution < -0.4 is 16.8 Å². The molecule has 8 aliphatic rings. The standard InChI is InChI=1S/C17H33NO9.2C17H33NO7.2C9H18O2/c1-17(2,3)15-13(23)12(22)14(24-4)8(26-15)6-25-16-9(18)11(21)10(20)7(5-19)27-16;1-17(2,3)16-14(21)13(20)15(22-5)11(25-16)8-24-12-6-10(19)9(18-4)7-23-12;1-8-12(19)9(18)6-11(24-8)23-7-10-15(22-5)13(20)14(21)16(25-10)17(2,3)4;2*1-9(2,3)8-5-4-7(6-10)11-8/h7-16,19-23H,5-6,18H2,1-4H3;9-16,18-21H,6-8H2,1-5H3;8-16,19-21H,6-7,18H2,1-5H3;2*7-8,10H,4-6H2,1-3H3/t7?,8?,9?,10-,11-,12-,13?,14-,15-,16-;9-,10?,11?,12-,13?,14+,15-,16-;8?,9-,10?,11?,12-,13-,14?,15-,16-;2*7-,8+/m11100/s1. The number of hydrogen-bond donors (Lipinski definition) is 16. The van der Waals surface area contributed by atoms with Crippen molar-refractivity contribution in [3.8, 4) is 0 Å². The van der Waals surface area contributed by atoms with Crippen LogP contribution in [0.15, 0.2) is 0 Å². The third kappa shape index (κ3) is 25.5. The Morgan fingerprint density at radius 1 is 0.414 bits per heavy atom. The molecule has 0 aromatic heterocycles. The van der Waals surface area contributed by atoms with Crippen LogP contribution in [0.3, 0.4) is 0 Å². The van der Waals surface area contributed by atoms with Crippen LogP contribution in [-0.4, -0.2) is 331 Å². The summed E-state index contributed by atoms with van der Waals surface area (Å²) in [4.78, 5) is 0. The number of aliphatic hydroxyl groups is 13. The van der Waals surface area contributed by atoms with Crippen LogP contribution in [0.1, 0.15) is 149 Å². The molecule has 0 spiro atoms. The van der Waals surface area contributed by atoms with Crippen molar-refractivity contribution in [2.75, 3.05) is 74.6 Å². The smallest absolute Gasteiger partial charge is 0.175 e. The van der Waals surface area contributed by atoms with E-state index in [4.69, 9.17) is 88.0 Å². The van der Waals surface area contributed by atoms with E-state index in [2.05, 4.69) is 46.9 Å². The number of methoxy groups -OCH3 is 3. The fourth-order valence-corrected chi connectivity index (χ4v) is 13.4. The van der Waals surface area contributed by atoms with Gasteiger partial charge in [0, 0.05) is 40.2 Å². The average molecular weight is 1440 g/mol. The maximum Gasteiger partial charge on any atom is 0.175 e. The molecule has 8 saturated heterocycles. The highest BCUT2D eigenvalue weighted by molar-refractivity contribution is 5.01. The lowest BCUT2D eigenvalue weighted by molar-refractivity contribution is -0.295. The number of rotatable bonds is 16. The van der Waals surface area contributed by atoms with E-state index in [1.54, 1.807) is 14.0 Å². The van der Waals surface area contributed by atoms with Gasteiger partial charge in [-0.3, -0.25) is 0 Å². The first-order chi connectivity index (χ1) is 45.8. The second-order valence-corrected chi connectivity index (χ2v) is 33.1. The molecular formula is C69H135N3O27. The Kier molecular flexibility index (Phi) is 36.1. The molecule has 0 amide bonds. The molecule has 8 aliphatic heterocycles. The average Bonchev–Trinajstić information content (AvgIpc) is 1.58. The Morgan fingerprint density at radius 3 is 1.10 bits per heavy atom. The molecule has 30 nitrogen and oxygen atoms in total. The van der Waals surface area contributed by atoms with Crippen LogP contribution in [0.4, 0.5) is 0 Å². The van der Waals surface area contributed by atoms with Crippen molar-refractivity contribution in [3.63, 3.8) is 0 Å². The molecule has 0 aromatic rings. The van der Waals surface area contributed by atoms with Crippen molar-refractivity contribution in [1.82, 2.24) is 5.32 Å². The number of ether oxygens (including phenoxy) is 14. The summed E-state index contributed by atoms with van der Waals surface area (Å²) in [6.07, 6.45) is -14.2. The molecule has 0 aromatic carbocycles. The van der Waals surface area contributed by atoms with E-state index >= 15 is 0 Å². The summed E-state index contributed by atoms with van der Waals surface area (Å²) in [5.41, 5.74) is 11.0. The van der Waals surface area contributed by atoms with E-state index in [1.807, 2.05) is 62.3 Å². The summed E-state index contributed by atoms with van der Waals surface area (Å²) < 4.78 is 78.9. The number of aliphatic hydroxyl groups excluding tert-OH is 13. The van der Waals surface area contributed by atoms with Gasteiger partial charge in [-0.25, -0.2) is 0 Å². The molecule has 31 atom stereocenters. The minimum absolute atomic E-state index is 0.0965. The Morgan fingerprint density at radius 2 is 0.798 bits per heavy atom. The Balaban J connectivity index is 0.000000274. The number of likely N-dealkylation sites (N-methyl/N-ethyl adjacent to an activating group) is 1. The normalized spacial score (nSPS) is 42.5. The molecule has 99 heavy (non-hydrogen) atoms. The Bertz CT molecular complexity index is 2190. The van der Waals surface area contributed by atoms with Crippen molar-refractivity contribution in [2.45, 2.75) is 339 Å². The maximum absolute atomic E-state index is 10.4. The van der Waals surface area contributed by atoms with Gasteiger partial charge in [-0.05, 0) is 66.7 Å². The Labute approximate surface area is 588 Å². The zero-order chi connectivity index (χ0) is 75.2. The molecule has 588 valence electrons. The summed E-state index contributed by atoms with van der Waals surface area (Å²) in [6, 6.07) is -1.57. The van der Waals surface area contributed by atoms with Crippen LogP contribution in [0, 0.1) is 27.1 Å². The second-order valence-electron chi connectivity index (χ2n) is 33.1. The van der Waals surface area contributed by atoms with E-state index < -0.39 is 171 Å². The van der Waals surface area contributed by atoms with Crippen LogP contribution in [0.5, 0.6) is 0 Å². The first kappa shape index (κ1) is 90.2. The lowest BCUT2D eigenvalue weighted by Gasteiger charge is -2.47. The molecule has 0 bridgehead atoms. The highest BCUT2D eigenvalue weighted by Gasteiger charge is 2.53. The van der Waals surface area contributed by atoms with E-state index in [0.717, 1.165) is 25.7 Å². The second kappa shape index (κ2) is 39.6. The van der Waals surface area contributed by atoms with E-state index in [0.29, 0.717) is 31.7 Å². The van der Waals surface area contributed by atoms with Gasteiger partial charge in [0.2, 0.25) is 0 Å². The highest BCUT2D eigenvalue weighted by atomic mass is 16.7. The van der Waals surface area contributed by atoms with Crippen LogP contribution in [0.25, 0.3) is 0 Å². The number of nitrogens with two attached hydrogens (primary N) is 2. The lowest BCUT2D eigenvalue weighted by Crippen LogP contribution is -2.64. The van der Waals surface area contributed by atoms with Gasteiger partial charge in [0.05, 0.1) is 119 Å². The topological polar surface area (TPSA) is 456 Å². The van der Waals surface area contributed by atoms with Crippen molar-refractivity contribution in [1.29, 1.82) is 0 Å². The van der Waals surface area contributed by atoms with Gasteiger partial charge in [-0.15, -0.1) is 0 Å². The van der Waals surface area contributed by atoms with Gasteiger partial charge in [-0.2, -0.15) is 0 Å². The van der Waals surface area contributed by atoms with Crippen molar-refractivity contribution in [2.24, 2.45) is 38.5 Å². The summed E-state index contributed by atoms with van der Waals surface area (Å²) >= 11 is 0. The summed E-state index contributed by atoms with van der Waals surface area (Å²) in [7, 11) is 6.09. The van der Waals surface area contributed by atoms with Gasteiger partial charge < -0.3 is 149 Å². The van der Waals surface area contributed by atoms with Crippen molar-refractivity contribution >= 4 is 0 Å². The largest absolute Gasteiger partial charge is 0.394 e. The third-order valence-electron chi connectivity index (χ3n) is 19.7. The number of hydrogen-bond acceptors (Lipinski definition) is 30. The quantitative estimate of drug-likeness (QED) is 0.0889. The Hall–Kier alpha value is -1.20. The van der Waals surface area contributed by atoms with Crippen molar-refractivity contribution in [3.05, 3.63) is 0 Å².